The van der Waals surface area contributed by atoms with E-state index < -0.39 is 0 Å². The van der Waals surface area contributed by atoms with Crippen molar-refractivity contribution in [3.05, 3.63) is 46.2 Å². The Morgan fingerprint density at radius 1 is 1.50 bits per heavy atom. The molecule has 1 N–H and O–H groups in total. The maximum atomic E-state index is 11.6. The van der Waals surface area contributed by atoms with Crippen LogP contribution in [0.25, 0.3) is 0 Å². The molecule has 0 bridgehead atoms. The first-order valence-electron chi connectivity index (χ1n) is 4.86. The number of hydrogen-bond acceptors (Lipinski definition) is 4. The van der Waals surface area contributed by atoms with Crippen molar-refractivity contribution >= 4 is 17.2 Å². The Morgan fingerprint density at radius 2 is 2.38 bits per heavy atom. The van der Waals surface area contributed by atoms with Gasteiger partial charge in [-0.15, -0.1) is 11.3 Å². The minimum Gasteiger partial charge on any atom is -0.345 e. The largest absolute Gasteiger partial charge is 0.345 e. The number of rotatable bonds is 3. The molecule has 0 saturated heterocycles. The van der Waals surface area contributed by atoms with Gasteiger partial charge in [0, 0.05) is 11.6 Å². The topological polar surface area (TPSA) is 54.9 Å². The molecule has 2 heterocycles. The van der Waals surface area contributed by atoms with Crippen LogP contribution < -0.4 is 5.32 Å². The zero-order valence-corrected chi connectivity index (χ0v) is 9.62. The smallest absolute Gasteiger partial charge is 0.271 e. The Hall–Kier alpha value is -1.75. The Labute approximate surface area is 97.4 Å². The summed E-state index contributed by atoms with van der Waals surface area (Å²) in [4.78, 5) is 19.9. The van der Waals surface area contributed by atoms with Crippen LogP contribution in [0.15, 0.2) is 29.8 Å². The molecule has 2 rings (SSSR count). The van der Waals surface area contributed by atoms with E-state index in [9.17, 15) is 4.79 Å². The standard InChI is InChI=1S/C11H11N3OS/c1-8-14-10(7-16-8)11(15)13-6-9-4-2-3-5-12-9/h2-5,7H,6H2,1H3,(H,13,15). The molecule has 16 heavy (non-hydrogen) atoms. The highest BCUT2D eigenvalue weighted by atomic mass is 32.1. The van der Waals surface area contributed by atoms with Crippen molar-refractivity contribution in [2.45, 2.75) is 13.5 Å². The first-order chi connectivity index (χ1) is 7.75. The molecule has 2 aromatic rings. The maximum Gasteiger partial charge on any atom is 0.271 e. The van der Waals surface area contributed by atoms with Crippen LogP contribution in [0.4, 0.5) is 0 Å². The van der Waals surface area contributed by atoms with Gasteiger partial charge in [-0.3, -0.25) is 9.78 Å². The quantitative estimate of drug-likeness (QED) is 0.879. The van der Waals surface area contributed by atoms with Crippen LogP contribution in [0.2, 0.25) is 0 Å². The molecule has 5 heteroatoms. The fourth-order valence-electron chi connectivity index (χ4n) is 1.23. The van der Waals surface area contributed by atoms with Crippen LogP contribution in [-0.4, -0.2) is 15.9 Å². The number of hydrogen-bond donors (Lipinski definition) is 1. The van der Waals surface area contributed by atoms with Gasteiger partial charge in [0.05, 0.1) is 17.2 Å². The van der Waals surface area contributed by atoms with E-state index >= 15 is 0 Å². The monoisotopic (exact) mass is 233 g/mol. The number of nitrogens with one attached hydrogen (secondary N) is 1. The molecular weight excluding hydrogens is 222 g/mol. The number of carbonyl (C=O) groups excluding carboxylic acids is 1. The lowest BCUT2D eigenvalue weighted by atomic mass is 10.3. The second-order valence-corrected chi connectivity index (χ2v) is 4.32. The molecule has 0 radical (unpaired) electrons. The van der Waals surface area contributed by atoms with E-state index in [1.807, 2.05) is 25.1 Å². The normalized spacial score (nSPS) is 10.1. The van der Waals surface area contributed by atoms with E-state index in [1.54, 1.807) is 11.6 Å². The molecule has 0 spiro atoms. The molecule has 82 valence electrons. The molecule has 4 nitrogen and oxygen atoms in total. The summed E-state index contributed by atoms with van der Waals surface area (Å²) in [7, 11) is 0. The van der Waals surface area contributed by atoms with E-state index in [4.69, 9.17) is 0 Å². The summed E-state index contributed by atoms with van der Waals surface area (Å²) in [5, 5.41) is 5.42. The third kappa shape index (κ3) is 2.64. The number of aryl methyl sites for hydroxylation is 1. The van der Waals surface area contributed by atoms with E-state index in [0.717, 1.165) is 10.7 Å². The number of amides is 1. The summed E-state index contributed by atoms with van der Waals surface area (Å²) in [6.07, 6.45) is 1.70. The van der Waals surface area contributed by atoms with E-state index in [-0.39, 0.29) is 5.91 Å². The number of carbonyl (C=O) groups is 1. The molecule has 0 aliphatic rings. The molecular formula is C11H11N3OS. The lowest BCUT2D eigenvalue weighted by Gasteiger charge is -2.01. The Kier molecular flexibility index (Phi) is 3.26. The zero-order valence-electron chi connectivity index (χ0n) is 8.80. The fourth-order valence-corrected chi connectivity index (χ4v) is 1.82. The molecule has 1 amide bonds. The van der Waals surface area contributed by atoms with Gasteiger partial charge in [0.1, 0.15) is 5.69 Å². The Balaban J connectivity index is 1.94. The molecule has 0 saturated carbocycles. The second-order valence-electron chi connectivity index (χ2n) is 3.26. The summed E-state index contributed by atoms with van der Waals surface area (Å²) in [5.41, 5.74) is 1.31. The predicted molar refractivity (Wildman–Crippen MR) is 62.3 cm³/mol. The average Bonchev–Trinajstić information content (AvgIpc) is 2.74. The van der Waals surface area contributed by atoms with Gasteiger partial charge in [-0.05, 0) is 19.1 Å². The predicted octanol–water partition coefficient (Wildman–Crippen LogP) is 1.78. The van der Waals surface area contributed by atoms with E-state index in [0.29, 0.717) is 12.2 Å². The molecule has 2 aromatic heterocycles. The third-order valence-corrected chi connectivity index (χ3v) is 2.78. The van der Waals surface area contributed by atoms with Gasteiger partial charge in [-0.25, -0.2) is 4.98 Å². The van der Waals surface area contributed by atoms with Crippen LogP contribution in [0.3, 0.4) is 0 Å². The first kappa shape index (κ1) is 10.8. The van der Waals surface area contributed by atoms with Crippen molar-refractivity contribution < 1.29 is 4.79 Å². The summed E-state index contributed by atoms with van der Waals surface area (Å²) in [5.74, 6) is -0.157. The highest BCUT2D eigenvalue weighted by Crippen LogP contribution is 2.07. The van der Waals surface area contributed by atoms with Gasteiger partial charge in [0.2, 0.25) is 0 Å². The van der Waals surface area contributed by atoms with Gasteiger partial charge in [-0.1, -0.05) is 6.07 Å². The Bertz CT molecular complexity index is 481. The number of nitrogens with zero attached hydrogens (tertiary/aromatic N) is 2. The number of thiazole rings is 1. The SMILES string of the molecule is Cc1nc(C(=O)NCc2ccccn2)cs1. The van der Waals surface area contributed by atoms with Crippen molar-refractivity contribution in [3.8, 4) is 0 Å². The summed E-state index contributed by atoms with van der Waals surface area (Å²) >= 11 is 1.47. The highest BCUT2D eigenvalue weighted by Gasteiger charge is 2.08. The summed E-state index contributed by atoms with van der Waals surface area (Å²) in [6, 6.07) is 5.60. The molecule has 0 atom stereocenters. The lowest BCUT2D eigenvalue weighted by Crippen LogP contribution is -2.23. The zero-order chi connectivity index (χ0) is 11.4. The van der Waals surface area contributed by atoms with Gasteiger partial charge >= 0.3 is 0 Å². The van der Waals surface area contributed by atoms with Crippen LogP contribution in [0.5, 0.6) is 0 Å². The number of pyridine rings is 1. The second kappa shape index (κ2) is 4.85. The fraction of sp³-hybridized carbons (Fsp3) is 0.182. The van der Waals surface area contributed by atoms with Gasteiger partial charge in [0.15, 0.2) is 0 Å². The summed E-state index contributed by atoms with van der Waals surface area (Å²) < 4.78 is 0. The van der Waals surface area contributed by atoms with Gasteiger partial charge in [0.25, 0.3) is 5.91 Å². The van der Waals surface area contributed by atoms with Crippen molar-refractivity contribution in [2.24, 2.45) is 0 Å². The lowest BCUT2D eigenvalue weighted by molar-refractivity contribution is 0.0946. The van der Waals surface area contributed by atoms with Crippen LogP contribution in [0.1, 0.15) is 21.2 Å². The molecule has 0 aromatic carbocycles. The van der Waals surface area contributed by atoms with Gasteiger partial charge < -0.3 is 5.32 Å². The van der Waals surface area contributed by atoms with E-state index in [1.165, 1.54) is 11.3 Å². The number of aromatic nitrogens is 2. The van der Waals surface area contributed by atoms with Crippen molar-refractivity contribution in [1.82, 2.24) is 15.3 Å². The Morgan fingerprint density at radius 3 is 3.00 bits per heavy atom. The minimum atomic E-state index is -0.157. The van der Waals surface area contributed by atoms with Crippen molar-refractivity contribution in [2.75, 3.05) is 0 Å². The van der Waals surface area contributed by atoms with Crippen LogP contribution in [-0.2, 0) is 6.54 Å². The first-order valence-corrected chi connectivity index (χ1v) is 5.74. The van der Waals surface area contributed by atoms with Crippen molar-refractivity contribution in [1.29, 1.82) is 0 Å². The van der Waals surface area contributed by atoms with E-state index in [2.05, 4.69) is 15.3 Å². The highest BCUT2D eigenvalue weighted by molar-refractivity contribution is 7.09. The van der Waals surface area contributed by atoms with Crippen molar-refractivity contribution in [3.63, 3.8) is 0 Å². The summed E-state index contributed by atoms with van der Waals surface area (Å²) in [6.45, 7) is 2.30. The van der Waals surface area contributed by atoms with Crippen LogP contribution in [0, 0.1) is 6.92 Å². The molecule has 0 fully saturated rings. The molecule has 0 unspecified atom stereocenters. The maximum absolute atomic E-state index is 11.6. The molecule has 0 aliphatic carbocycles. The minimum absolute atomic E-state index is 0.157. The van der Waals surface area contributed by atoms with Gasteiger partial charge in [-0.2, -0.15) is 0 Å². The average molecular weight is 233 g/mol. The molecule has 0 aliphatic heterocycles. The third-order valence-electron chi connectivity index (χ3n) is 2.01. The van der Waals surface area contributed by atoms with Crippen LogP contribution >= 0.6 is 11.3 Å².